The van der Waals surface area contributed by atoms with Crippen LogP contribution in [0.3, 0.4) is 0 Å². The number of esters is 1. The number of non-ortho nitro benzene ring substituents is 1. The van der Waals surface area contributed by atoms with Gasteiger partial charge in [-0.3, -0.25) is 10.1 Å². The number of nitro groups is 1. The third-order valence-electron chi connectivity index (χ3n) is 7.74. The molecule has 33 heavy (non-hydrogen) atoms. The first-order valence-corrected chi connectivity index (χ1v) is 11.5. The van der Waals surface area contributed by atoms with Crippen LogP contribution in [0.5, 0.6) is 5.75 Å². The van der Waals surface area contributed by atoms with Crippen LogP contribution in [0, 0.1) is 27.9 Å². The Kier molecular flexibility index (Phi) is 4.68. The molecule has 2 saturated carbocycles. The number of carbonyl (C=O) groups is 1. The molecule has 3 aromatic rings. The Hall–Kier alpha value is -3.67. The molecule has 2 fully saturated rings. The summed E-state index contributed by atoms with van der Waals surface area (Å²) >= 11 is 0. The zero-order valence-corrected chi connectivity index (χ0v) is 18.0. The lowest BCUT2D eigenvalue weighted by Gasteiger charge is -2.43. The zero-order valence-electron chi connectivity index (χ0n) is 18.0. The van der Waals surface area contributed by atoms with Gasteiger partial charge in [0.2, 0.25) is 0 Å². The molecule has 6 nitrogen and oxygen atoms in total. The van der Waals surface area contributed by atoms with Crippen LogP contribution in [0.2, 0.25) is 0 Å². The number of nitrogens with zero attached hydrogens (tertiary/aromatic N) is 1. The summed E-state index contributed by atoms with van der Waals surface area (Å²) in [5.41, 5.74) is 3.94. The number of hydrogen-bond donors (Lipinski definition) is 1. The molecule has 6 rings (SSSR count). The summed E-state index contributed by atoms with van der Waals surface area (Å²) in [7, 11) is 0. The van der Waals surface area contributed by atoms with Crippen LogP contribution >= 0.6 is 0 Å². The molecule has 3 aliphatic rings. The van der Waals surface area contributed by atoms with E-state index in [4.69, 9.17) is 4.74 Å². The predicted octanol–water partition coefficient (Wildman–Crippen LogP) is 6.11. The highest BCUT2D eigenvalue weighted by molar-refractivity contribution is 5.90. The van der Waals surface area contributed by atoms with E-state index >= 15 is 0 Å². The maximum atomic E-state index is 12.4. The van der Waals surface area contributed by atoms with E-state index in [9.17, 15) is 14.9 Å². The summed E-state index contributed by atoms with van der Waals surface area (Å²) in [6, 6.07) is 22.1. The molecule has 6 heteroatoms. The highest BCUT2D eigenvalue weighted by atomic mass is 16.6. The van der Waals surface area contributed by atoms with Gasteiger partial charge in [0.15, 0.2) is 0 Å². The number of benzene rings is 3. The molecule has 0 amide bonds. The Bertz CT molecular complexity index is 1220. The fourth-order valence-electron chi connectivity index (χ4n) is 6.40. The quantitative estimate of drug-likeness (QED) is 0.229. The molecule has 0 spiro atoms. The number of fused-ring (bicyclic) bond motifs is 7. The lowest BCUT2D eigenvalue weighted by Crippen LogP contribution is -2.35. The van der Waals surface area contributed by atoms with Crippen LogP contribution in [-0.2, 0) is 0 Å². The largest absolute Gasteiger partial charge is 0.423 e. The second kappa shape index (κ2) is 7.73. The van der Waals surface area contributed by atoms with Gasteiger partial charge in [0.25, 0.3) is 5.69 Å². The van der Waals surface area contributed by atoms with Crippen molar-refractivity contribution in [3.63, 3.8) is 0 Å². The first-order chi connectivity index (χ1) is 16.1. The minimum atomic E-state index is -0.372. The normalized spacial score (nSPS) is 26.7. The molecule has 166 valence electrons. The molecule has 0 aromatic heterocycles. The van der Waals surface area contributed by atoms with Crippen molar-refractivity contribution in [1.29, 1.82) is 0 Å². The van der Waals surface area contributed by atoms with Gasteiger partial charge in [-0.05, 0) is 84.4 Å². The monoisotopic (exact) mass is 440 g/mol. The Morgan fingerprint density at radius 1 is 0.970 bits per heavy atom. The Balaban J connectivity index is 1.29. The smallest absolute Gasteiger partial charge is 0.343 e. The number of carbonyl (C=O) groups excluding carboxylic acids is 1. The molecule has 0 radical (unpaired) electrons. The fourth-order valence-corrected chi connectivity index (χ4v) is 6.40. The van der Waals surface area contributed by atoms with Crippen molar-refractivity contribution in [2.24, 2.45) is 17.8 Å². The summed E-state index contributed by atoms with van der Waals surface area (Å²) in [5.74, 6) is 2.13. The minimum absolute atomic E-state index is 0.137. The molecular formula is C27H24N2O4. The maximum Gasteiger partial charge on any atom is 0.343 e. The van der Waals surface area contributed by atoms with Crippen LogP contribution < -0.4 is 10.1 Å². The minimum Gasteiger partial charge on any atom is -0.423 e. The van der Waals surface area contributed by atoms with Gasteiger partial charge in [0.05, 0.1) is 16.5 Å². The van der Waals surface area contributed by atoms with Gasteiger partial charge in [-0.2, -0.15) is 0 Å². The Morgan fingerprint density at radius 3 is 2.48 bits per heavy atom. The van der Waals surface area contributed by atoms with E-state index in [2.05, 4.69) is 5.32 Å². The third kappa shape index (κ3) is 3.37. The first-order valence-electron chi connectivity index (χ1n) is 11.5. The zero-order chi connectivity index (χ0) is 22.5. The van der Waals surface area contributed by atoms with E-state index < -0.39 is 0 Å². The molecule has 5 atom stereocenters. The Morgan fingerprint density at radius 2 is 1.73 bits per heavy atom. The highest BCUT2D eigenvalue weighted by Crippen LogP contribution is 2.63. The molecule has 1 N–H and O–H groups in total. The highest BCUT2D eigenvalue weighted by Gasteiger charge is 2.54. The van der Waals surface area contributed by atoms with Gasteiger partial charge in [-0.25, -0.2) is 4.79 Å². The number of ether oxygens (including phenoxy) is 1. The van der Waals surface area contributed by atoms with Crippen LogP contribution in [0.1, 0.15) is 52.7 Å². The van der Waals surface area contributed by atoms with Crippen LogP contribution in [-0.4, -0.2) is 10.9 Å². The van der Waals surface area contributed by atoms with Gasteiger partial charge < -0.3 is 10.1 Å². The van der Waals surface area contributed by atoms with E-state index in [0.717, 1.165) is 16.8 Å². The molecule has 3 aromatic carbocycles. The lowest BCUT2D eigenvalue weighted by atomic mass is 9.68. The van der Waals surface area contributed by atoms with Gasteiger partial charge in [-0.1, -0.05) is 30.3 Å². The van der Waals surface area contributed by atoms with Crippen molar-refractivity contribution in [1.82, 2.24) is 0 Å². The molecule has 2 aliphatic carbocycles. The van der Waals surface area contributed by atoms with Crippen molar-refractivity contribution in [2.45, 2.75) is 31.2 Å². The molecule has 0 unspecified atom stereocenters. The maximum absolute atomic E-state index is 12.4. The Labute approximate surface area is 191 Å². The van der Waals surface area contributed by atoms with Gasteiger partial charge in [-0.15, -0.1) is 0 Å². The van der Waals surface area contributed by atoms with Crippen LogP contribution in [0.15, 0.2) is 72.8 Å². The number of nitrogens with one attached hydrogen (secondary N) is 1. The molecule has 1 heterocycles. The molecular weight excluding hydrogens is 416 g/mol. The topological polar surface area (TPSA) is 81.5 Å². The SMILES string of the molecule is O=C(Oc1ccc([C@@H]2Nc3ccc([N+](=O)[O-])cc3[C@H]3[C@H]4CC[C@@H](C4)[C@@H]32)cc1)c1ccccc1. The van der Waals surface area contributed by atoms with Crippen molar-refractivity contribution in [3.8, 4) is 5.75 Å². The molecule has 2 bridgehead atoms. The van der Waals surface area contributed by atoms with Crippen molar-refractivity contribution in [2.75, 3.05) is 5.32 Å². The summed E-state index contributed by atoms with van der Waals surface area (Å²) in [6.07, 6.45) is 3.62. The van der Waals surface area contributed by atoms with E-state index in [1.165, 1.54) is 19.3 Å². The second-order valence-corrected chi connectivity index (χ2v) is 9.41. The number of nitro benzene ring substituents is 1. The van der Waals surface area contributed by atoms with E-state index in [0.29, 0.717) is 35.0 Å². The van der Waals surface area contributed by atoms with Gasteiger partial charge in [0, 0.05) is 17.8 Å². The van der Waals surface area contributed by atoms with Crippen molar-refractivity contribution in [3.05, 3.63) is 99.6 Å². The summed E-state index contributed by atoms with van der Waals surface area (Å²) in [6.45, 7) is 0. The first kappa shape index (κ1) is 20.0. The van der Waals surface area contributed by atoms with E-state index in [1.807, 2.05) is 48.5 Å². The van der Waals surface area contributed by atoms with Crippen molar-refractivity contribution >= 4 is 17.3 Å². The second-order valence-electron chi connectivity index (χ2n) is 9.41. The summed E-state index contributed by atoms with van der Waals surface area (Å²) in [4.78, 5) is 23.4. The van der Waals surface area contributed by atoms with Crippen LogP contribution in [0.25, 0.3) is 0 Å². The molecule has 0 saturated heterocycles. The van der Waals surface area contributed by atoms with E-state index in [1.54, 1.807) is 24.3 Å². The van der Waals surface area contributed by atoms with Crippen LogP contribution in [0.4, 0.5) is 11.4 Å². The van der Waals surface area contributed by atoms with Crippen molar-refractivity contribution < 1.29 is 14.5 Å². The van der Waals surface area contributed by atoms with E-state index in [-0.39, 0.29) is 22.6 Å². The van der Waals surface area contributed by atoms with Gasteiger partial charge >= 0.3 is 5.97 Å². The molecule has 1 aliphatic heterocycles. The number of hydrogen-bond acceptors (Lipinski definition) is 5. The van der Waals surface area contributed by atoms with Gasteiger partial charge in [0.1, 0.15) is 5.75 Å². The number of rotatable bonds is 4. The standard InChI is InChI=1S/C27H24N2O4/c30-27(17-4-2-1-3-5-17)33-21-11-8-16(9-12-21)26-25-19-7-6-18(14-19)24(25)22-15-20(29(31)32)10-13-23(22)28-26/h1-5,8-13,15,18-19,24-26,28H,6-7,14H2/t18-,19-,24+,25-,26-/m0/s1. The summed E-state index contributed by atoms with van der Waals surface area (Å²) < 4.78 is 5.55. The average molecular weight is 440 g/mol. The predicted molar refractivity (Wildman–Crippen MR) is 124 cm³/mol. The summed E-state index contributed by atoms with van der Waals surface area (Å²) in [5, 5.41) is 15.1. The lowest BCUT2D eigenvalue weighted by molar-refractivity contribution is -0.384. The third-order valence-corrected chi connectivity index (χ3v) is 7.74. The average Bonchev–Trinajstić information content (AvgIpc) is 3.47. The fraction of sp³-hybridized carbons (Fsp3) is 0.296. The number of anilines is 1.